The van der Waals surface area contributed by atoms with E-state index >= 15 is 0 Å². The van der Waals surface area contributed by atoms with Crippen molar-refractivity contribution in [3.8, 4) is 0 Å². The third-order valence-corrected chi connectivity index (χ3v) is 4.72. The summed E-state index contributed by atoms with van der Waals surface area (Å²) < 4.78 is 12.4. The van der Waals surface area contributed by atoms with E-state index in [2.05, 4.69) is 27.3 Å². The first kappa shape index (κ1) is 18.3. The molecule has 0 N–H and O–H groups in total. The van der Waals surface area contributed by atoms with Crippen molar-refractivity contribution < 1.29 is 14.3 Å². The number of hydrogen-bond donors (Lipinski definition) is 0. The van der Waals surface area contributed by atoms with E-state index in [1.807, 2.05) is 36.5 Å². The molecule has 0 radical (unpaired) electrons. The summed E-state index contributed by atoms with van der Waals surface area (Å²) in [4.78, 5) is 14.0. The van der Waals surface area contributed by atoms with E-state index < -0.39 is 0 Å². The third-order valence-electron chi connectivity index (χ3n) is 4.72. The van der Waals surface area contributed by atoms with Crippen molar-refractivity contribution >= 4 is 5.97 Å². The van der Waals surface area contributed by atoms with Gasteiger partial charge >= 0.3 is 5.97 Å². The molecule has 0 saturated carbocycles. The minimum Gasteiger partial charge on any atom is -0.465 e. The van der Waals surface area contributed by atoms with Crippen LogP contribution in [0.4, 0.5) is 0 Å². The Morgan fingerprint density at radius 2 is 1.96 bits per heavy atom. The SMILES string of the molecule is COC(=O)c1cccc(Cn2cc([C@@H]3OCCN3Cc3ccccc3)nn2)c1. The number of nitrogens with zero attached hydrogens (tertiary/aromatic N) is 4. The summed E-state index contributed by atoms with van der Waals surface area (Å²) >= 11 is 0. The van der Waals surface area contributed by atoms with E-state index in [-0.39, 0.29) is 12.2 Å². The van der Waals surface area contributed by atoms with Crippen LogP contribution in [0, 0.1) is 0 Å². The molecule has 7 heteroatoms. The van der Waals surface area contributed by atoms with Gasteiger partial charge in [0.05, 0.1) is 32.0 Å². The molecular weight excluding hydrogens is 356 g/mol. The molecule has 0 unspecified atom stereocenters. The predicted octanol–water partition coefficient (Wildman–Crippen LogP) is 2.64. The van der Waals surface area contributed by atoms with E-state index in [1.54, 1.807) is 16.8 Å². The molecule has 0 aliphatic carbocycles. The van der Waals surface area contributed by atoms with Crippen molar-refractivity contribution in [2.75, 3.05) is 20.3 Å². The van der Waals surface area contributed by atoms with Gasteiger partial charge in [-0.1, -0.05) is 47.7 Å². The van der Waals surface area contributed by atoms with Crippen molar-refractivity contribution in [1.29, 1.82) is 0 Å². The van der Waals surface area contributed by atoms with Gasteiger partial charge in [-0.25, -0.2) is 9.48 Å². The van der Waals surface area contributed by atoms with Crippen LogP contribution in [0.2, 0.25) is 0 Å². The highest BCUT2D eigenvalue weighted by Crippen LogP contribution is 2.27. The minimum absolute atomic E-state index is 0.199. The number of methoxy groups -OCH3 is 1. The first-order chi connectivity index (χ1) is 13.7. The Balaban J connectivity index is 1.46. The van der Waals surface area contributed by atoms with Crippen LogP contribution in [0.25, 0.3) is 0 Å². The van der Waals surface area contributed by atoms with Crippen LogP contribution in [0.1, 0.15) is 33.4 Å². The lowest BCUT2D eigenvalue weighted by atomic mass is 10.1. The average Bonchev–Trinajstić information content (AvgIpc) is 3.37. The zero-order chi connectivity index (χ0) is 19.3. The van der Waals surface area contributed by atoms with Crippen LogP contribution in [-0.2, 0) is 22.6 Å². The van der Waals surface area contributed by atoms with Gasteiger partial charge in [0.25, 0.3) is 0 Å². The van der Waals surface area contributed by atoms with E-state index in [1.165, 1.54) is 12.7 Å². The normalized spacial score (nSPS) is 17.0. The molecule has 0 spiro atoms. The first-order valence-corrected chi connectivity index (χ1v) is 9.20. The van der Waals surface area contributed by atoms with Gasteiger partial charge in [-0.15, -0.1) is 5.10 Å². The Morgan fingerprint density at radius 3 is 2.79 bits per heavy atom. The molecule has 1 fully saturated rings. The number of ether oxygens (including phenoxy) is 2. The average molecular weight is 378 g/mol. The number of rotatable bonds is 6. The molecule has 0 amide bonds. The number of esters is 1. The van der Waals surface area contributed by atoms with Gasteiger partial charge in [-0.2, -0.15) is 0 Å². The summed E-state index contributed by atoms with van der Waals surface area (Å²) in [5.41, 5.74) is 3.50. The Labute approximate surface area is 163 Å². The molecule has 7 nitrogen and oxygen atoms in total. The Bertz CT molecular complexity index is 942. The van der Waals surface area contributed by atoms with Gasteiger partial charge in [0, 0.05) is 13.1 Å². The molecule has 1 aliphatic heterocycles. The molecule has 1 aromatic heterocycles. The molecule has 144 valence electrons. The molecule has 2 aromatic carbocycles. The summed E-state index contributed by atoms with van der Waals surface area (Å²) in [5.74, 6) is -0.350. The first-order valence-electron chi connectivity index (χ1n) is 9.20. The minimum atomic E-state index is -0.350. The Morgan fingerprint density at radius 1 is 1.14 bits per heavy atom. The highest BCUT2D eigenvalue weighted by molar-refractivity contribution is 5.89. The van der Waals surface area contributed by atoms with Crippen molar-refractivity contribution in [3.05, 3.63) is 83.2 Å². The molecule has 28 heavy (non-hydrogen) atoms. The van der Waals surface area contributed by atoms with E-state index in [0.717, 1.165) is 24.3 Å². The monoisotopic (exact) mass is 378 g/mol. The Kier molecular flexibility index (Phi) is 5.45. The fourth-order valence-corrected chi connectivity index (χ4v) is 3.36. The summed E-state index contributed by atoms with van der Waals surface area (Å²) in [5, 5.41) is 8.55. The van der Waals surface area contributed by atoms with Crippen LogP contribution in [0.5, 0.6) is 0 Å². The fraction of sp³-hybridized carbons (Fsp3) is 0.286. The van der Waals surface area contributed by atoms with Crippen LogP contribution in [0.15, 0.2) is 60.8 Å². The molecule has 1 aliphatic rings. The molecule has 2 heterocycles. The number of benzene rings is 2. The quantitative estimate of drug-likeness (QED) is 0.614. The van der Waals surface area contributed by atoms with Gasteiger partial charge in [0.15, 0.2) is 6.23 Å². The number of carbonyl (C=O) groups is 1. The van der Waals surface area contributed by atoms with Crippen molar-refractivity contribution in [2.45, 2.75) is 19.3 Å². The van der Waals surface area contributed by atoms with Gasteiger partial charge in [0.2, 0.25) is 0 Å². The molecule has 1 saturated heterocycles. The molecule has 0 bridgehead atoms. The highest BCUT2D eigenvalue weighted by Gasteiger charge is 2.29. The lowest BCUT2D eigenvalue weighted by Gasteiger charge is -2.20. The predicted molar refractivity (Wildman–Crippen MR) is 102 cm³/mol. The standard InChI is InChI=1S/C21H22N4O3/c1-27-21(26)18-9-5-8-17(12-18)14-25-15-19(22-23-25)20-24(10-11-28-20)13-16-6-3-2-4-7-16/h2-9,12,15,20H,10-11,13-14H2,1H3/t20-/m0/s1. The van der Waals surface area contributed by atoms with Crippen molar-refractivity contribution in [2.24, 2.45) is 0 Å². The van der Waals surface area contributed by atoms with Crippen LogP contribution >= 0.6 is 0 Å². The van der Waals surface area contributed by atoms with Crippen LogP contribution in [0.3, 0.4) is 0 Å². The maximum atomic E-state index is 11.7. The van der Waals surface area contributed by atoms with E-state index in [4.69, 9.17) is 9.47 Å². The second-order valence-electron chi connectivity index (χ2n) is 6.71. The van der Waals surface area contributed by atoms with Gasteiger partial charge in [-0.05, 0) is 23.3 Å². The zero-order valence-electron chi connectivity index (χ0n) is 15.7. The maximum absolute atomic E-state index is 11.7. The summed E-state index contributed by atoms with van der Waals surface area (Å²) in [6, 6.07) is 17.6. The second-order valence-corrected chi connectivity index (χ2v) is 6.71. The van der Waals surface area contributed by atoms with Crippen molar-refractivity contribution in [1.82, 2.24) is 19.9 Å². The van der Waals surface area contributed by atoms with Crippen LogP contribution < -0.4 is 0 Å². The molecular formula is C21H22N4O3. The number of hydrogen-bond acceptors (Lipinski definition) is 6. The Hall–Kier alpha value is -3.03. The van der Waals surface area contributed by atoms with Gasteiger partial charge in [0.1, 0.15) is 5.69 Å². The zero-order valence-corrected chi connectivity index (χ0v) is 15.7. The second kappa shape index (κ2) is 8.33. The lowest BCUT2D eigenvalue weighted by Crippen LogP contribution is -2.23. The largest absolute Gasteiger partial charge is 0.465 e. The summed E-state index contributed by atoms with van der Waals surface area (Å²) in [7, 11) is 1.38. The fourth-order valence-electron chi connectivity index (χ4n) is 3.36. The smallest absolute Gasteiger partial charge is 0.337 e. The van der Waals surface area contributed by atoms with E-state index in [9.17, 15) is 4.79 Å². The number of aromatic nitrogens is 3. The van der Waals surface area contributed by atoms with Gasteiger partial charge < -0.3 is 9.47 Å². The number of carbonyl (C=O) groups excluding carboxylic acids is 1. The molecule has 3 aromatic rings. The lowest BCUT2D eigenvalue weighted by molar-refractivity contribution is 0.0252. The summed E-state index contributed by atoms with van der Waals surface area (Å²) in [6.45, 7) is 2.85. The molecule has 4 rings (SSSR count). The maximum Gasteiger partial charge on any atom is 0.337 e. The van der Waals surface area contributed by atoms with Crippen molar-refractivity contribution in [3.63, 3.8) is 0 Å². The van der Waals surface area contributed by atoms with Crippen LogP contribution in [-0.4, -0.2) is 46.1 Å². The topological polar surface area (TPSA) is 69.5 Å². The van der Waals surface area contributed by atoms with Gasteiger partial charge in [-0.3, -0.25) is 4.90 Å². The van der Waals surface area contributed by atoms with E-state index in [0.29, 0.717) is 18.7 Å². The summed E-state index contributed by atoms with van der Waals surface area (Å²) in [6.07, 6.45) is 1.70. The third kappa shape index (κ3) is 4.11. The molecule has 1 atom stereocenters. The highest BCUT2D eigenvalue weighted by atomic mass is 16.5.